The topological polar surface area (TPSA) is 78.9 Å². The fourth-order valence-corrected chi connectivity index (χ4v) is 3.19. The van der Waals surface area contributed by atoms with E-state index in [0.717, 1.165) is 24.8 Å². The van der Waals surface area contributed by atoms with Gasteiger partial charge in [0.25, 0.3) is 10.1 Å². The van der Waals surface area contributed by atoms with Gasteiger partial charge in [0.15, 0.2) is 0 Å². The predicted octanol–water partition coefficient (Wildman–Crippen LogP) is 4.01. The summed E-state index contributed by atoms with van der Waals surface area (Å²) in [6.45, 7) is 8.51. The third-order valence-corrected chi connectivity index (χ3v) is 4.93. The third kappa shape index (κ3) is 11.1. The lowest BCUT2D eigenvalue weighted by atomic mass is 10.2. The molecule has 0 heterocycles. The molecule has 7 heteroatoms. The van der Waals surface area contributed by atoms with E-state index in [1.54, 1.807) is 24.3 Å². The van der Waals surface area contributed by atoms with Crippen LogP contribution in [0.4, 0.5) is 0 Å². The van der Waals surface area contributed by atoms with Crippen molar-refractivity contribution in [3.05, 3.63) is 29.8 Å². The Morgan fingerprint density at radius 3 is 2.11 bits per heavy atom. The lowest BCUT2D eigenvalue weighted by molar-refractivity contribution is -0.156. The first-order chi connectivity index (χ1) is 12.6. The summed E-state index contributed by atoms with van der Waals surface area (Å²) in [6.07, 6.45) is 3.56. The average Bonchev–Trinajstić information content (AvgIpc) is 2.55. The normalized spacial score (nSPS) is 12.1. The van der Waals surface area contributed by atoms with Gasteiger partial charge in [-0.2, -0.15) is 8.42 Å². The fraction of sp³-hybridized carbons (Fsp3) is 0.650. The highest BCUT2D eigenvalue weighted by Crippen LogP contribution is 2.14. The number of carbonyl (C=O) groups is 1. The first-order valence-corrected chi connectivity index (χ1v) is 10.8. The number of ether oxygens (including phenoxy) is 2. The standard InChI is InChI=1S/C20H32O6S/c1-17-9-11-18(12-10-17)27(22,23)25-15-8-6-5-7-14-24-16-13-19(21)26-20(2,3)4/h9-12H,5-8,13-16H2,1-4H3. The molecular weight excluding hydrogens is 368 g/mol. The van der Waals surface area contributed by atoms with Crippen LogP contribution in [0.5, 0.6) is 0 Å². The van der Waals surface area contributed by atoms with E-state index in [1.165, 1.54) is 0 Å². The summed E-state index contributed by atoms with van der Waals surface area (Å²) < 4.78 is 39.7. The molecule has 6 nitrogen and oxygen atoms in total. The van der Waals surface area contributed by atoms with Crippen LogP contribution in [0, 0.1) is 6.92 Å². The van der Waals surface area contributed by atoms with Crippen LogP contribution in [-0.2, 0) is 28.6 Å². The predicted molar refractivity (Wildman–Crippen MR) is 104 cm³/mol. The van der Waals surface area contributed by atoms with Crippen molar-refractivity contribution in [2.45, 2.75) is 70.3 Å². The first-order valence-electron chi connectivity index (χ1n) is 9.36. The van der Waals surface area contributed by atoms with Gasteiger partial charge in [0, 0.05) is 6.61 Å². The molecule has 0 aromatic heterocycles. The van der Waals surface area contributed by atoms with Crippen LogP contribution in [0.1, 0.15) is 58.4 Å². The van der Waals surface area contributed by atoms with Gasteiger partial charge in [-0.25, -0.2) is 0 Å². The molecule has 0 saturated heterocycles. The number of hydrogen-bond acceptors (Lipinski definition) is 6. The molecule has 0 N–H and O–H groups in total. The molecule has 1 aromatic carbocycles. The zero-order valence-electron chi connectivity index (χ0n) is 16.8. The summed E-state index contributed by atoms with van der Waals surface area (Å²) in [4.78, 5) is 11.7. The van der Waals surface area contributed by atoms with Crippen molar-refractivity contribution in [1.29, 1.82) is 0 Å². The molecular formula is C20H32O6S. The van der Waals surface area contributed by atoms with Crippen molar-refractivity contribution in [2.24, 2.45) is 0 Å². The van der Waals surface area contributed by atoms with Gasteiger partial charge >= 0.3 is 5.97 Å². The van der Waals surface area contributed by atoms with E-state index < -0.39 is 15.7 Å². The summed E-state index contributed by atoms with van der Waals surface area (Å²) in [6, 6.07) is 6.61. The molecule has 0 fully saturated rings. The van der Waals surface area contributed by atoms with Gasteiger partial charge in [-0.05, 0) is 52.7 Å². The highest BCUT2D eigenvalue weighted by molar-refractivity contribution is 7.86. The van der Waals surface area contributed by atoms with E-state index in [1.807, 2.05) is 27.7 Å². The average molecular weight is 401 g/mol. The third-order valence-electron chi connectivity index (χ3n) is 3.60. The Kier molecular flexibility index (Phi) is 9.98. The second-order valence-electron chi connectivity index (χ2n) is 7.45. The van der Waals surface area contributed by atoms with Crippen LogP contribution in [0.25, 0.3) is 0 Å². The van der Waals surface area contributed by atoms with E-state index >= 15 is 0 Å². The maximum absolute atomic E-state index is 12.0. The van der Waals surface area contributed by atoms with E-state index in [9.17, 15) is 13.2 Å². The van der Waals surface area contributed by atoms with Gasteiger partial charge in [0.1, 0.15) is 5.60 Å². The van der Waals surface area contributed by atoms with Gasteiger partial charge < -0.3 is 9.47 Å². The zero-order valence-corrected chi connectivity index (χ0v) is 17.6. The molecule has 0 spiro atoms. The summed E-state index contributed by atoms with van der Waals surface area (Å²) >= 11 is 0. The van der Waals surface area contributed by atoms with E-state index in [4.69, 9.17) is 13.7 Å². The van der Waals surface area contributed by atoms with Crippen LogP contribution >= 0.6 is 0 Å². The molecule has 27 heavy (non-hydrogen) atoms. The second-order valence-corrected chi connectivity index (χ2v) is 9.07. The van der Waals surface area contributed by atoms with Crippen LogP contribution < -0.4 is 0 Å². The molecule has 154 valence electrons. The van der Waals surface area contributed by atoms with Crippen LogP contribution in [0.3, 0.4) is 0 Å². The van der Waals surface area contributed by atoms with Crippen LogP contribution in [0.2, 0.25) is 0 Å². The minimum Gasteiger partial charge on any atom is -0.460 e. The first kappa shape index (κ1) is 23.6. The zero-order chi connectivity index (χ0) is 20.3. The molecule has 0 unspecified atom stereocenters. The minimum atomic E-state index is -3.67. The van der Waals surface area contributed by atoms with Crippen LogP contribution in [-0.4, -0.2) is 39.8 Å². The maximum atomic E-state index is 12.0. The Morgan fingerprint density at radius 1 is 0.926 bits per heavy atom. The Balaban J connectivity index is 2.03. The number of aryl methyl sites for hydroxylation is 1. The van der Waals surface area contributed by atoms with Gasteiger partial charge in [0.05, 0.1) is 24.5 Å². The van der Waals surface area contributed by atoms with Gasteiger partial charge in [0.2, 0.25) is 0 Å². The summed E-state index contributed by atoms with van der Waals surface area (Å²) in [5.74, 6) is -0.255. The Labute approximate surface area is 163 Å². The maximum Gasteiger partial charge on any atom is 0.308 e. The van der Waals surface area contributed by atoms with Crippen LogP contribution in [0.15, 0.2) is 29.2 Å². The van der Waals surface area contributed by atoms with Crippen molar-refractivity contribution in [1.82, 2.24) is 0 Å². The quantitative estimate of drug-likeness (QED) is 0.300. The van der Waals surface area contributed by atoms with E-state index in [2.05, 4.69) is 0 Å². The summed E-state index contributed by atoms with van der Waals surface area (Å²) in [7, 11) is -3.67. The number of unbranched alkanes of at least 4 members (excludes halogenated alkanes) is 3. The minimum absolute atomic E-state index is 0.176. The number of carbonyl (C=O) groups excluding carboxylic acids is 1. The molecule has 0 aliphatic heterocycles. The number of esters is 1. The van der Waals surface area contributed by atoms with Crippen molar-refractivity contribution >= 4 is 16.1 Å². The number of benzene rings is 1. The SMILES string of the molecule is Cc1ccc(S(=O)(=O)OCCCCCCOCCC(=O)OC(C)(C)C)cc1. The van der Waals surface area contributed by atoms with E-state index in [-0.39, 0.29) is 23.9 Å². The lowest BCUT2D eigenvalue weighted by Gasteiger charge is -2.19. The number of hydrogen-bond donors (Lipinski definition) is 0. The highest BCUT2D eigenvalue weighted by atomic mass is 32.2. The largest absolute Gasteiger partial charge is 0.460 e. The molecule has 0 atom stereocenters. The van der Waals surface area contributed by atoms with Gasteiger partial charge in [-0.3, -0.25) is 8.98 Å². The van der Waals surface area contributed by atoms with Gasteiger partial charge in [-0.15, -0.1) is 0 Å². The molecule has 0 bridgehead atoms. The monoisotopic (exact) mass is 400 g/mol. The van der Waals surface area contributed by atoms with Crippen molar-refractivity contribution < 1.29 is 26.9 Å². The molecule has 0 aliphatic carbocycles. The summed E-state index contributed by atoms with van der Waals surface area (Å²) in [5, 5.41) is 0. The molecule has 1 aromatic rings. The second kappa shape index (κ2) is 11.4. The van der Waals surface area contributed by atoms with Crippen molar-refractivity contribution in [2.75, 3.05) is 19.8 Å². The molecule has 1 rings (SSSR count). The fourth-order valence-electron chi connectivity index (χ4n) is 2.25. The van der Waals surface area contributed by atoms with E-state index in [0.29, 0.717) is 19.6 Å². The number of rotatable bonds is 12. The van der Waals surface area contributed by atoms with Crippen molar-refractivity contribution in [3.8, 4) is 0 Å². The van der Waals surface area contributed by atoms with Gasteiger partial charge in [-0.1, -0.05) is 30.5 Å². The Hall–Kier alpha value is -1.44. The molecule has 0 amide bonds. The Bertz CT molecular complexity index is 659. The molecule has 0 aliphatic rings. The Morgan fingerprint density at radius 2 is 1.52 bits per heavy atom. The smallest absolute Gasteiger partial charge is 0.308 e. The van der Waals surface area contributed by atoms with Crippen molar-refractivity contribution in [3.63, 3.8) is 0 Å². The molecule has 0 radical (unpaired) electrons. The lowest BCUT2D eigenvalue weighted by Crippen LogP contribution is -2.24. The summed E-state index contributed by atoms with van der Waals surface area (Å²) in [5.41, 5.74) is 0.536. The molecule has 0 saturated carbocycles. The highest BCUT2D eigenvalue weighted by Gasteiger charge is 2.16.